The standard InChI is InChI=1S/C14H21NO2/c1-9-7-11(9)14(16)12(8-15)10-5-3-4-6-13(10)17-2/h3-6,9,11-12,14,16H,7-8,15H2,1-2H3. The Morgan fingerprint density at radius 3 is 2.65 bits per heavy atom. The number of nitrogens with two attached hydrogens (primary N) is 1. The van der Waals surface area contributed by atoms with Gasteiger partial charge < -0.3 is 15.6 Å². The third-order valence-electron chi connectivity index (χ3n) is 3.81. The summed E-state index contributed by atoms with van der Waals surface area (Å²) in [6.45, 7) is 2.62. The molecule has 0 aromatic heterocycles. The lowest BCUT2D eigenvalue weighted by Gasteiger charge is -2.23. The van der Waals surface area contributed by atoms with E-state index in [0.29, 0.717) is 18.4 Å². The summed E-state index contributed by atoms with van der Waals surface area (Å²) in [7, 11) is 1.65. The third kappa shape index (κ3) is 2.45. The first kappa shape index (κ1) is 12.4. The molecule has 1 aliphatic rings. The van der Waals surface area contributed by atoms with E-state index in [0.717, 1.165) is 17.7 Å². The molecule has 1 aromatic rings. The van der Waals surface area contributed by atoms with Gasteiger partial charge in [0.15, 0.2) is 0 Å². The fourth-order valence-electron chi connectivity index (χ4n) is 2.55. The normalized spacial score (nSPS) is 26.4. The Labute approximate surface area is 103 Å². The fraction of sp³-hybridized carbons (Fsp3) is 0.571. The Hall–Kier alpha value is -1.06. The molecule has 0 saturated heterocycles. The van der Waals surface area contributed by atoms with Crippen molar-refractivity contribution in [1.29, 1.82) is 0 Å². The molecule has 1 aliphatic carbocycles. The maximum absolute atomic E-state index is 10.4. The minimum Gasteiger partial charge on any atom is -0.496 e. The molecule has 0 radical (unpaired) electrons. The van der Waals surface area contributed by atoms with Crippen LogP contribution in [0.5, 0.6) is 5.75 Å². The SMILES string of the molecule is COc1ccccc1C(CN)C(O)C1CC1C. The van der Waals surface area contributed by atoms with E-state index in [1.165, 1.54) is 0 Å². The Bertz CT molecular complexity index is 380. The van der Waals surface area contributed by atoms with Crippen LogP contribution in [0.25, 0.3) is 0 Å². The summed E-state index contributed by atoms with van der Waals surface area (Å²) in [6.07, 6.45) is 0.749. The highest BCUT2D eigenvalue weighted by molar-refractivity contribution is 5.37. The van der Waals surface area contributed by atoms with Crippen LogP contribution in [0, 0.1) is 11.8 Å². The second-order valence-electron chi connectivity index (χ2n) is 4.95. The molecule has 0 spiro atoms. The molecule has 3 heteroatoms. The van der Waals surface area contributed by atoms with Crippen LogP contribution in [0.1, 0.15) is 24.8 Å². The minimum atomic E-state index is -0.355. The molecule has 1 fully saturated rings. The summed E-state index contributed by atoms with van der Waals surface area (Å²) in [5.74, 6) is 1.80. The highest BCUT2D eigenvalue weighted by Crippen LogP contribution is 2.45. The van der Waals surface area contributed by atoms with Gasteiger partial charge in [-0.15, -0.1) is 0 Å². The summed E-state index contributed by atoms with van der Waals surface area (Å²) in [5, 5.41) is 10.4. The zero-order valence-corrected chi connectivity index (χ0v) is 10.5. The first-order valence-corrected chi connectivity index (χ1v) is 6.20. The van der Waals surface area contributed by atoms with Crippen LogP contribution in [-0.2, 0) is 0 Å². The summed E-state index contributed by atoms with van der Waals surface area (Å²) in [4.78, 5) is 0. The Kier molecular flexibility index (Phi) is 3.69. The van der Waals surface area contributed by atoms with Crippen LogP contribution >= 0.6 is 0 Å². The van der Waals surface area contributed by atoms with Gasteiger partial charge in [0.25, 0.3) is 0 Å². The van der Waals surface area contributed by atoms with E-state index in [2.05, 4.69) is 6.92 Å². The molecular formula is C14H21NO2. The number of hydrogen-bond acceptors (Lipinski definition) is 3. The van der Waals surface area contributed by atoms with E-state index in [4.69, 9.17) is 10.5 Å². The summed E-state index contributed by atoms with van der Waals surface area (Å²) in [5.41, 5.74) is 6.84. The van der Waals surface area contributed by atoms with Gasteiger partial charge >= 0.3 is 0 Å². The Balaban J connectivity index is 2.22. The van der Waals surface area contributed by atoms with Gasteiger partial charge in [0, 0.05) is 18.0 Å². The molecule has 4 atom stereocenters. The van der Waals surface area contributed by atoms with Crippen LogP contribution < -0.4 is 10.5 Å². The van der Waals surface area contributed by atoms with E-state index in [-0.39, 0.29) is 12.0 Å². The number of methoxy groups -OCH3 is 1. The maximum Gasteiger partial charge on any atom is 0.122 e. The second kappa shape index (κ2) is 5.07. The summed E-state index contributed by atoms with van der Waals surface area (Å²) in [6, 6.07) is 7.80. The van der Waals surface area contributed by atoms with Crippen molar-refractivity contribution in [1.82, 2.24) is 0 Å². The topological polar surface area (TPSA) is 55.5 Å². The van der Waals surface area contributed by atoms with Gasteiger partial charge in [0.05, 0.1) is 13.2 Å². The Morgan fingerprint density at radius 1 is 1.47 bits per heavy atom. The second-order valence-corrected chi connectivity index (χ2v) is 4.95. The van der Waals surface area contributed by atoms with Crippen molar-refractivity contribution in [2.24, 2.45) is 17.6 Å². The van der Waals surface area contributed by atoms with Gasteiger partial charge in [0.2, 0.25) is 0 Å². The van der Waals surface area contributed by atoms with Gasteiger partial charge in [-0.2, -0.15) is 0 Å². The van der Waals surface area contributed by atoms with Crippen LogP contribution in [0.2, 0.25) is 0 Å². The molecule has 17 heavy (non-hydrogen) atoms. The van der Waals surface area contributed by atoms with Crippen molar-refractivity contribution < 1.29 is 9.84 Å². The average Bonchev–Trinajstić information content (AvgIpc) is 3.08. The predicted octanol–water partition coefficient (Wildman–Crippen LogP) is 1.75. The van der Waals surface area contributed by atoms with Crippen molar-refractivity contribution in [3.63, 3.8) is 0 Å². The van der Waals surface area contributed by atoms with E-state index in [9.17, 15) is 5.11 Å². The zero-order valence-electron chi connectivity index (χ0n) is 10.5. The number of ether oxygens (including phenoxy) is 1. The summed E-state index contributed by atoms with van der Waals surface area (Å²) >= 11 is 0. The van der Waals surface area contributed by atoms with E-state index < -0.39 is 0 Å². The van der Waals surface area contributed by atoms with Crippen molar-refractivity contribution >= 4 is 0 Å². The molecule has 94 valence electrons. The molecule has 0 heterocycles. The molecule has 3 nitrogen and oxygen atoms in total. The molecule has 0 amide bonds. The first-order chi connectivity index (χ1) is 8.19. The highest BCUT2D eigenvalue weighted by atomic mass is 16.5. The number of para-hydroxylation sites is 1. The van der Waals surface area contributed by atoms with Crippen molar-refractivity contribution in [2.75, 3.05) is 13.7 Å². The lowest BCUT2D eigenvalue weighted by Crippen LogP contribution is -2.28. The monoisotopic (exact) mass is 235 g/mol. The number of aliphatic hydroxyl groups excluding tert-OH is 1. The average molecular weight is 235 g/mol. The van der Waals surface area contributed by atoms with Crippen molar-refractivity contribution in [3.8, 4) is 5.75 Å². The van der Waals surface area contributed by atoms with Crippen molar-refractivity contribution in [3.05, 3.63) is 29.8 Å². The number of benzene rings is 1. The van der Waals surface area contributed by atoms with Gasteiger partial charge in [-0.25, -0.2) is 0 Å². The molecule has 4 unspecified atom stereocenters. The van der Waals surface area contributed by atoms with E-state index >= 15 is 0 Å². The predicted molar refractivity (Wildman–Crippen MR) is 68.1 cm³/mol. The zero-order chi connectivity index (χ0) is 12.4. The molecule has 1 saturated carbocycles. The fourth-order valence-corrected chi connectivity index (χ4v) is 2.55. The third-order valence-corrected chi connectivity index (χ3v) is 3.81. The van der Waals surface area contributed by atoms with Crippen LogP contribution in [0.15, 0.2) is 24.3 Å². The van der Waals surface area contributed by atoms with Gasteiger partial charge in [0.1, 0.15) is 5.75 Å². The molecule has 0 bridgehead atoms. The summed E-state index contributed by atoms with van der Waals surface area (Å²) < 4.78 is 5.34. The highest BCUT2D eigenvalue weighted by Gasteiger charge is 2.42. The van der Waals surface area contributed by atoms with E-state index in [1.54, 1.807) is 7.11 Å². The first-order valence-electron chi connectivity index (χ1n) is 6.20. The van der Waals surface area contributed by atoms with Crippen LogP contribution in [-0.4, -0.2) is 24.9 Å². The number of hydrogen-bond donors (Lipinski definition) is 2. The lowest BCUT2D eigenvalue weighted by atomic mass is 9.89. The van der Waals surface area contributed by atoms with Crippen LogP contribution in [0.4, 0.5) is 0 Å². The smallest absolute Gasteiger partial charge is 0.122 e. The molecule has 1 aromatic carbocycles. The van der Waals surface area contributed by atoms with Gasteiger partial charge in [-0.1, -0.05) is 25.1 Å². The van der Waals surface area contributed by atoms with Gasteiger partial charge in [-0.3, -0.25) is 0 Å². The minimum absolute atomic E-state index is 0.0268. The maximum atomic E-state index is 10.4. The van der Waals surface area contributed by atoms with Crippen molar-refractivity contribution in [2.45, 2.75) is 25.4 Å². The molecule has 2 rings (SSSR count). The largest absolute Gasteiger partial charge is 0.496 e. The molecule has 0 aliphatic heterocycles. The van der Waals surface area contributed by atoms with Crippen LogP contribution in [0.3, 0.4) is 0 Å². The lowest BCUT2D eigenvalue weighted by molar-refractivity contribution is 0.117. The quantitative estimate of drug-likeness (QED) is 0.817. The molecular weight excluding hydrogens is 214 g/mol. The van der Waals surface area contributed by atoms with Gasteiger partial charge in [-0.05, 0) is 24.3 Å². The molecule has 3 N–H and O–H groups in total. The Morgan fingerprint density at radius 2 is 2.12 bits per heavy atom. The number of rotatable bonds is 5. The number of aliphatic hydroxyl groups is 1. The van der Waals surface area contributed by atoms with E-state index in [1.807, 2.05) is 24.3 Å².